The smallest absolute Gasteiger partial charge is 0.413 e. The lowest BCUT2D eigenvalue weighted by Gasteiger charge is -2.12. The first-order valence-corrected chi connectivity index (χ1v) is 7.28. The Labute approximate surface area is 94.7 Å². The Morgan fingerprint density at radius 3 is 2.60 bits per heavy atom. The van der Waals surface area contributed by atoms with Crippen LogP contribution in [0.15, 0.2) is 30.3 Å². The van der Waals surface area contributed by atoms with Crippen molar-refractivity contribution < 1.29 is 13.6 Å². The molecule has 1 rings (SSSR count). The molecule has 0 saturated heterocycles. The standard InChI is InChI=1S/C10H14ClO3P/c1-2-3-9-13-15(11,12)14-10-7-5-4-6-8-10/h4-8H,2-3,9H2,1H3. The highest BCUT2D eigenvalue weighted by molar-refractivity contribution is 7.81. The van der Waals surface area contributed by atoms with Crippen LogP contribution in [0.4, 0.5) is 0 Å². The van der Waals surface area contributed by atoms with E-state index in [0.29, 0.717) is 12.4 Å². The average molecular weight is 249 g/mol. The van der Waals surface area contributed by atoms with E-state index in [1.807, 2.05) is 13.0 Å². The van der Waals surface area contributed by atoms with Gasteiger partial charge >= 0.3 is 6.95 Å². The summed E-state index contributed by atoms with van der Waals surface area (Å²) in [5.74, 6) is 0.451. The molecule has 1 aromatic rings. The van der Waals surface area contributed by atoms with E-state index in [9.17, 15) is 4.57 Å². The number of hydrogen-bond donors (Lipinski definition) is 0. The largest absolute Gasteiger partial charge is 0.476 e. The molecule has 1 aromatic carbocycles. The van der Waals surface area contributed by atoms with Gasteiger partial charge in [-0.2, -0.15) is 0 Å². The van der Waals surface area contributed by atoms with Crippen molar-refractivity contribution >= 4 is 18.2 Å². The first kappa shape index (κ1) is 12.6. The molecule has 5 heteroatoms. The van der Waals surface area contributed by atoms with Crippen molar-refractivity contribution in [2.24, 2.45) is 0 Å². The van der Waals surface area contributed by atoms with E-state index >= 15 is 0 Å². The second-order valence-electron chi connectivity index (χ2n) is 3.02. The van der Waals surface area contributed by atoms with Crippen molar-refractivity contribution in [3.63, 3.8) is 0 Å². The molecule has 0 bridgehead atoms. The van der Waals surface area contributed by atoms with Gasteiger partial charge in [0.05, 0.1) is 6.61 Å². The van der Waals surface area contributed by atoms with Gasteiger partial charge in [-0.25, -0.2) is 4.57 Å². The van der Waals surface area contributed by atoms with Gasteiger partial charge in [-0.1, -0.05) is 31.5 Å². The molecule has 0 heterocycles. The van der Waals surface area contributed by atoms with Crippen molar-refractivity contribution in [3.05, 3.63) is 30.3 Å². The zero-order chi connectivity index (χ0) is 11.1. The Hall–Kier alpha value is -0.500. The van der Waals surface area contributed by atoms with Crippen LogP contribution in [-0.4, -0.2) is 6.61 Å². The van der Waals surface area contributed by atoms with Crippen molar-refractivity contribution in [1.29, 1.82) is 0 Å². The van der Waals surface area contributed by atoms with Crippen LogP contribution in [0.2, 0.25) is 0 Å². The van der Waals surface area contributed by atoms with E-state index in [2.05, 4.69) is 0 Å². The molecule has 0 saturated carbocycles. The van der Waals surface area contributed by atoms with Crippen LogP contribution < -0.4 is 4.52 Å². The second kappa shape index (κ2) is 6.16. The number of halogens is 1. The number of hydrogen-bond acceptors (Lipinski definition) is 3. The van der Waals surface area contributed by atoms with Crippen molar-refractivity contribution in [2.75, 3.05) is 6.61 Å². The summed E-state index contributed by atoms with van der Waals surface area (Å²) >= 11 is 5.62. The van der Waals surface area contributed by atoms with Gasteiger partial charge in [-0.05, 0) is 18.6 Å². The summed E-state index contributed by atoms with van der Waals surface area (Å²) in [5.41, 5.74) is 0. The highest BCUT2D eigenvalue weighted by Crippen LogP contribution is 2.53. The summed E-state index contributed by atoms with van der Waals surface area (Å²) in [6.07, 6.45) is 1.77. The topological polar surface area (TPSA) is 35.5 Å². The fourth-order valence-electron chi connectivity index (χ4n) is 0.952. The van der Waals surface area contributed by atoms with Gasteiger partial charge in [0.25, 0.3) is 0 Å². The van der Waals surface area contributed by atoms with Crippen LogP contribution in [0.25, 0.3) is 0 Å². The highest BCUT2D eigenvalue weighted by atomic mass is 35.7. The lowest BCUT2D eigenvalue weighted by atomic mass is 10.3. The molecule has 0 fully saturated rings. The minimum atomic E-state index is -3.47. The van der Waals surface area contributed by atoms with E-state index in [-0.39, 0.29) is 0 Å². The predicted octanol–water partition coefficient (Wildman–Crippen LogP) is 4.23. The maximum Gasteiger partial charge on any atom is 0.476 e. The number of para-hydroxylation sites is 1. The van der Waals surface area contributed by atoms with Gasteiger partial charge < -0.3 is 4.52 Å². The van der Waals surface area contributed by atoms with E-state index in [0.717, 1.165) is 12.8 Å². The number of unbranched alkanes of at least 4 members (excludes halogenated alkanes) is 1. The van der Waals surface area contributed by atoms with Crippen molar-refractivity contribution in [3.8, 4) is 5.75 Å². The molecule has 0 radical (unpaired) electrons. The molecule has 1 atom stereocenters. The predicted molar refractivity (Wildman–Crippen MR) is 61.4 cm³/mol. The molecule has 3 nitrogen and oxygen atoms in total. The fraction of sp³-hybridized carbons (Fsp3) is 0.400. The summed E-state index contributed by atoms with van der Waals surface area (Å²) in [6, 6.07) is 8.75. The monoisotopic (exact) mass is 248 g/mol. The van der Waals surface area contributed by atoms with Crippen LogP contribution in [0, 0.1) is 0 Å². The summed E-state index contributed by atoms with van der Waals surface area (Å²) in [5, 5.41) is 0. The summed E-state index contributed by atoms with van der Waals surface area (Å²) in [4.78, 5) is 0. The van der Waals surface area contributed by atoms with Crippen LogP contribution in [0.3, 0.4) is 0 Å². The molecular weight excluding hydrogens is 235 g/mol. The molecule has 0 amide bonds. The minimum Gasteiger partial charge on any atom is -0.413 e. The van der Waals surface area contributed by atoms with Gasteiger partial charge in [-0.15, -0.1) is 0 Å². The molecule has 0 aromatic heterocycles. The SMILES string of the molecule is CCCCOP(=O)(Cl)Oc1ccccc1. The summed E-state index contributed by atoms with van der Waals surface area (Å²) in [7, 11) is 0. The van der Waals surface area contributed by atoms with Gasteiger partial charge in [0.1, 0.15) is 5.75 Å². The lowest BCUT2D eigenvalue weighted by Crippen LogP contribution is -1.94. The van der Waals surface area contributed by atoms with E-state index in [1.54, 1.807) is 24.3 Å². The first-order chi connectivity index (χ1) is 7.14. The highest BCUT2D eigenvalue weighted by Gasteiger charge is 2.21. The molecule has 0 aliphatic carbocycles. The summed E-state index contributed by atoms with van der Waals surface area (Å²) in [6.45, 7) is -1.11. The number of benzene rings is 1. The molecule has 15 heavy (non-hydrogen) atoms. The van der Waals surface area contributed by atoms with Crippen molar-refractivity contribution in [1.82, 2.24) is 0 Å². The quantitative estimate of drug-likeness (QED) is 0.558. The zero-order valence-corrected chi connectivity index (χ0v) is 10.2. The lowest BCUT2D eigenvalue weighted by molar-refractivity contribution is 0.274. The molecule has 0 aliphatic heterocycles. The Morgan fingerprint density at radius 1 is 1.33 bits per heavy atom. The minimum absolute atomic E-state index is 0.351. The maximum atomic E-state index is 11.6. The van der Waals surface area contributed by atoms with Gasteiger partial charge in [0.15, 0.2) is 0 Å². The van der Waals surface area contributed by atoms with E-state index in [4.69, 9.17) is 20.3 Å². The van der Waals surface area contributed by atoms with Crippen LogP contribution >= 0.6 is 18.2 Å². The molecule has 1 unspecified atom stereocenters. The molecular formula is C10H14ClO3P. The van der Waals surface area contributed by atoms with Crippen LogP contribution in [0.1, 0.15) is 19.8 Å². The van der Waals surface area contributed by atoms with Gasteiger partial charge in [-0.3, -0.25) is 4.52 Å². The Balaban J connectivity index is 2.46. The Kier molecular flexibility index (Phi) is 5.16. The van der Waals surface area contributed by atoms with Crippen LogP contribution in [-0.2, 0) is 9.09 Å². The Morgan fingerprint density at radius 2 is 2.00 bits per heavy atom. The van der Waals surface area contributed by atoms with Gasteiger partial charge in [0.2, 0.25) is 0 Å². The first-order valence-electron chi connectivity index (χ1n) is 4.83. The van der Waals surface area contributed by atoms with E-state index in [1.165, 1.54) is 0 Å². The van der Waals surface area contributed by atoms with Crippen LogP contribution in [0.5, 0.6) is 5.75 Å². The third-order valence-corrected chi connectivity index (χ3v) is 3.12. The number of rotatable bonds is 6. The van der Waals surface area contributed by atoms with Crippen molar-refractivity contribution in [2.45, 2.75) is 19.8 Å². The molecule has 84 valence electrons. The zero-order valence-electron chi connectivity index (χ0n) is 8.56. The second-order valence-corrected chi connectivity index (χ2v) is 5.57. The molecule has 0 spiro atoms. The fourth-order valence-corrected chi connectivity index (χ4v) is 2.17. The maximum absolute atomic E-state index is 11.6. The third-order valence-electron chi connectivity index (χ3n) is 1.70. The van der Waals surface area contributed by atoms with E-state index < -0.39 is 6.95 Å². The molecule has 0 aliphatic rings. The normalized spacial score (nSPS) is 14.5. The Bertz CT molecular complexity index is 329. The average Bonchev–Trinajstić information content (AvgIpc) is 2.18. The molecule has 0 N–H and O–H groups in total. The summed E-state index contributed by atoms with van der Waals surface area (Å²) < 4.78 is 21.6. The van der Waals surface area contributed by atoms with Gasteiger partial charge in [0, 0.05) is 11.2 Å². The third kappa shape index (κ3) is 5.22.